The van der Waals surface area contributed by atoms with Crippen LogP contribution in [0.3, 0.4) is 0 Å². The molecule has 2 fully saturated rings. The Kier molecular flexibility index (Phi) is 5.74. The van der Waals surface area contributed by atoms with Gasteiger partial charge in [-0.3, -0.25) is 4.79 Å². The van der Waals surface area contributed by atoms with Crippen LogP contribution >= 0.6 is 0 Å². The van der Waals surface area contributed by atoms with E-state index < -0.39 is 0 Å². The first-order valence-corrected chi connectivity index (χ1v) is 9.11. The van der Waals surface area contributed by atoms with E-state index in [2.05, 4.69) is 28.2 Å². The number of aliphatic hydroxyl groups excluding tert-OH is 1. The summed E-state index contributed by atoms with van der Waals surface area (Å²) in [5.41, 5.74) is 2.02. The summed E-state index contributed by atoms with van der Waals surface area (Å²) in [6.45, 7) is 4.08. The molecule has 0 bridgehead atoms. The number of rotatable bonds is 4. The molecule has 0 aliphatic carbocycles. The van der Waals surface area contributed by atoms with E-state index in [1.54, 1.807) is 0 Å². The monoisotopic (exact) mass is 331 g/mol. The fourth-order valence-corrected chi connectivity index (χ4v) is 3.83. The van der Waals surface area contributed by atoms with E-state index in [-0.39, 0.29) is 18.4 Å². The number of piperidine rings is 2. The molecule has 1 amide bonds. The maximum Gasteiger partial charge on any atom is 0.228 e. The predicted octanol–water partition coefficient (Wildman–Crippen LogP) is 2.18. The highest BCUT2D eigenvalue weighted by Crippen LogP contribution is 2.30. The molecule has 5 heteroatoms. The zero-order chi connectivity index (χ0) is 16.9. The molecule has 1 aromatic rings. The number of hydrogen-bond donors (Lipinski definition) is 2. The summed E-state index contributed by atoms with van der Waals surface area (Å²) in [6.07, 6.45) is 4.07. The lowest BCUT2D eigenvalue weighted by atomic mass is 9.96. The Morgan fingerprint density at radius 2 is 1.96 bits per heavy atom. The number of carbonyl (C=O) groups is 1. The third-order valence-corrected chi connectivity index (χ3v) is 5.37. The second-order valence-corrected chi connectivity index (χ2v) is 7.22. The summed E-state index contributed by atoms with van der Waals surface area (Å²) in [7, 11) is 2.08. The second kappa shape index (κ2) is 7.99. The van der Waals surface area contributed by atoms with Crippen molar-refractivity contribution in [3.8, 4) is 0 Å². The van der Waals surface area contributed by atoms with Crippen LogP contribution in [0.4, 0.5) is 11.4 Å². The van der Waals surface area contributed by atoms with Crippen LogP contribution in [-0.4, -0.2) is 55.7 Å². The fourth-order valence-electron chi connectivity index (χ4n) is 3.83. The summed E-state index contributed by atoms with van der Waals surface area (Å²) < 4.78 is 0. The molecule has 5 nitrogen and oxygen atoms in total. The van der Waals surface area contributed by atoms with Gasteiger partial charge in [0.15, 0.2) is 0 Å². The molecular formula is C19H29N3O2. The van der Waals surface area contributed by atoms with Gasteiger partial charge < -0.3 is 20.2 Å². The SMILES string of the molecule is CN1CCCC(C(=O)Nc2ccccc2N2CCC(CO)CC2)C1. The van der Waals surface area contributed by atoms with E-state index in [4.69, 9.17) is 0 Å². The van der Waals surface area contributed by atoms with Gasteiger partial charge in [0, 0.05) is 26.2 Å². The van der Waals surface area contributed by atoms with Crippen molar-refractivity contribution in [3.63, 3.8) is 0 Å². The van der Waals surface area contributed by atoms with Gasteiger partial charge in [0.1, 0.15) is 0 Å². The Morgan fingerprint density at radius 3 is 2.67 bits per heavy atom. The second-order valence-electron chi connectivity index (χ2n) is 7.22. The lowest BCUT2D eigenvalue weighted by Gasteiger charge is -2.34. The zero-order valence-electron chi connectivity index (χ0n) is 14.6. The number of nitrogens with zero attached hydrogens (tertiary/aromatic N) is 2. The van der Waals surface area contributed by atoms with Gasteiger partial charge in [-0.05, 0) is 57.3 Å². The van der Waals surface area contributed by atoms with Crippen LogP contribution in [-0.2, 0) is 4.79 Å². The van der Waals surface area contributed by atoms with E-state index in [1.165, 1.54) is 0 Å². The standard InChI is InChI=1S/C19H29N3O2/c1-21-10-4-5-16(13-21)19(24)20-17-6-2-3-7-18(17)22-11-8-15(14-23)9-12-22/h2-3,6-7,15-16,23H,4-5,8-14H2,1H3,(H,20,24). The average Bonchev–Trinajstić information content (AvgIpc) is 2.62. The molecule has 2 heterocycles. The van der Waals surface area contributed by atoms with Crippen LogP contribution in [0.15, 0.2) is 24.3 Å². The van der Waals surface area contributed by atoms with Crippen molar-refractivity contribution < 1.29 is 9.90 Å². The Bertz CT molecular complexity index is 555. The topological polar surface area (TPSA) is 55.8 Å². The minimum Gasteiger partial charge on any atom is -0.396 e. The number of hydrogen-bond acceptors (Lipinski definition) is 4. The Balaban J connectivity index is 1.67. The molecule has 132 valence electrons. The third-order valence-electron chi connectivity index (χ3n) is 5.37. The number of nitrogens with one attached hydrogen (secondary N) is 1. The van der Waals surface area contributed by atoms with Crippen LogP contribution in [0, 0.1) is 11.8 Å². The minimum atomic E-state index is 0.0805. The van der Waals surface area contributed by atoms with Crippen molar-refractivity contribution in [2.75, 3.05) is 50.1 Å². The smallest absolute Gasteiger partial charge is 0.228 e. The third kappa shape index (κ3) is 4.08. The van der Waals surface area contributed by atoms with E-state index in [0.717, 1.165) is 63.2 Å². The number of likely N-dealkylation sites (tertiary alicyclic amines) is 1. The molecule has 2 aliphatic rings. The molecule has 2 N–H and O–H groups in total. The summed E-state index contributed by atoms with van der Waals surface area (Å²) in [4.78, 5) is 17.2. The van der Waals surface area contributed by atoms with Gasteiger partial charge in [0.25, 0.3) is 0 Å². The molecule has 0 aromatic heterocycles. The van der Waals surface area contributed by atoms with Crippen molar-refractivity contribution in [2.45, 2.75) is 25.7 Å². The number of carbonyl (C=O) groups excluding carboxylic acids is 1. The fraction of sp³-hybridized carbons (Fsp3) is 0.632. The highest BCUT2D eigenvalue weighted by Gasteiger charge is 2.25. The van der Waals surface area contributed by atoms with Gasteiger partial charge in [-0.25, -0.2) is 0 Å². The van der Waals surface area contributed by atoms with E-state index >= 15 is 0 Å². The molecule has 0 radical (unpaired) electrons. The van der Waals surface area contributed by atoms with Crippen molar-refractivity contribution in [2.24, 2.45) is 11.8 Å². The molecule has 2 aliphatic heterocycles. The summed E-state index contributed by atoms with van der Waals surface area (Å²) in [5, 5.41) is 12.5. The van der Waals surface area contributed by atoms with Crippen LogP contribution in [0.1, 0.15) is 25.7 Å². The summed E-state index contributed by atoms with van der Waals surface area (Å²) in [6, 6.07) is 8.09. The normalized spacial score (nSPS) is 23.2. The molecular weight excluding hydrogens is 302 g/mol. The van der Waals surface area contributed by atoms with Gasteiger partial charge in [0.05, 0.1) is 17.3 Å². The van der Waals surface area contributed by atoms with Crippen LogP contribution < -0.4 is 10.2 Å². The first-order chi connectivity index (χ1) is 11.7. The van der Waals surface area contributed by atoms with Crippen molar-refractivity contribution in [3.05, 3.63) is 24.3 Å². The van der Waals surface area contributed by atoms with Gasteiger partial charge in [-0.2, -0.15) is 0 Å². The first kappa shape index (κ1) is 17.2. The maximum absolute atomic E-state index is 12.7. The van der Waals surface area contributed by atoms with Crippen molar-refractivity contribution in [1.29, 1.82) is 0 Å². The van der Waals surface area contributed by atoms with Crippen LogP contribution in [0.5, 0.6) is 0 Å². The quantitative estimate of drug-likeness (QED) is 0.888. The Morgan fingerprint density at radius 1 is 1.21 bits per heavy atom. The highest BCUT2D eigenvalue weighted by molar-refractivity contribution is 5.96. The summed E-state index contributed by atoms with van der Waals surface area (Å²) in [5.74, 6) is 0.636. The number of para-hydroxylation sites is 2. The molecule has 24 heavy (non-hydrogen) atoms. The van der Waals surface area contributed by atoms with Crippen molar-refractivity contribution in [1.82, 2.24) is 4.90 Å². The maximum atomic E-state index is 12.7. The first-order valence-electron chi connectivity index (χ1n) is 9.11. The van der Waals surface area contributed by atoms with Crippen LogP contribution in [0.2, 0.25) is 0 Å². The number of aliphatic hydroxyl groups is 1. The van der Waals surface area contributed by atoms with Crippen molar-refractivity contribution >= 4 is 17.3 Å². The summed E-state index contributed by atoms with van der Waals surface area (Å²) >= 11 is 0. The Labute approximate surface area is 144 Å². The number of benzene rings is 1. The predicted molar refractivity (Wildman–Crippen MR) is 97.3 cm³/mol. The van der Waals surface area contributed by atoms with Gasteiger partial charge in [0.2, 0.25) is 5.91 Å². The van der Waals surface area contributed by atoms with Gasteiger partial charge in [-0.1, -0.05) is 12.1 Å². The molecule has 0 spiro atoms. The Hall–Kier alpha value is -1.59. The number of amides is 1. The van der Waals surface area contributed by atoms with E-state index in [1.807, 2.05) is 18.2 Å². The molecule has 3 rings (SSSR count). The van der Waals surface area contributed by atoms with Crippen LogP contribution in [0.25, 0.3) is 0 Å². The molecule has 2 saturated heterocycles. The molecule has 0 saturated carbocycles. The lowest BCUT2D eigenvalue weighted by molar-refractivity contribution is -0.121. The zero-order valence-corrected chi connectivity index (χ0v) is 14.6. The number of anilines is 2. The molecule has 1 aromatic carbocycles. The van der Waals surface area contributed by atoms with E-state index in [0.29, 0.717) is 5.92 Å². The average molecular weight is 331 g/mol. The molecule has 1 unspecified atom stereocenters. The van der Waals surface area contributed by atoms with Gasteiger partial charge >= 0.3 is 0 Å². The van der Waals surface area contributed by atoms with Gasteiger partial charge in [-0.15, -0.1) is 0 Å². The lowest BCUT2D eigenvalue weighted by Crippen LogP contribution is -2.39. The molecule has 1 atom stereocenters. The largest absolute Gasteiger partial charge is 0.396 e. The minimum absolute atomic E-state index is 0.0805. The van der Waals surface area contributed by atoms with E-state index in [9.17, 15) is 9.90 Å². The highest BCUT2D eigenvalue weighted by atomic mass is 16.3.